The van der Waals surface area contributed by atoms with E-state index < -0.39 is 6.10 Å². The first-order valence-corrected chi connectivity index (χ1v) is 7.68. The molecule has 110 valence electrons. The van der Waals surface area contributed by atoms with E-state index in [0.29, 0.717) is 16.4 Å². The van der Waals surface area contributed by atoms with Crippen molar-refractivity contribution in [2.45, 2.75) is 24.9 Å². The number of rotatable bonds is 5. The molecule has 0 aliphatic heterocycles. The summed E-state index contributed by atoms with van der Waals surface area (Å²) >= 11 is 1.32. The largest absolute Gasteiger partial charge is 0.387 e. The third kappa shape index (κ3) is 3.28. The lowest BCUT2D eigenvalue weighted by molar-refractivity contribution is 0.0919. The molecular weight excluding hydrogens is 291 g/mol. The number of hydrogen-bond acceptors (Lipinski definition) is 4. The van der Waals surface area contributed by atoms with E-state index in [2.05, 4.69) is 10.3 Å². The fraction of sp³-hybridized carbons (Fsp3) is 0.333. The average Bonchev–Trinajstić information content (AvgIpc) is 3.22. The molecule has 6 heteroatoms. The van der Waals surface area contributed by atoms with Crippen LogP contribution in [0.3, 0.4) is 0 Å². The van der Waals surface area contributed by atoms with Gasteiger partial charge in [-0.05, 0) is 30.5 Å². The summed E-state index contributed by atoms with van der Waals surface area (Å²) in [6.07, 6.45) is 1.32. The van der Waals surface area contributed by atoms with Crippen LogP contribution < -0.4 is 5.32 Å². The Hall–Kier alpha value is -1.79. The molecule has 0 saturated heterocycles. The maximum atomic E-state index is 12.8. The number of halogens is 1. The van der Waals surface area contributed by atoms with Gasteiger partial charge in [-0.3, -0.25) is 4.79 Å². The summed E-state index contributed by atoms with van der Waals surface area (Å²) in [5.41, 5.74) is 3.12. The molecule has 1 atom stereocenters. The zero-order valence-electron chi connectivity index (χ0n) is 11.3. The number of carbonyl (C=O) groups is 1. The number of nitrogens with zero attached hydrogens (tertiary/aromatic N) is 1. The highest BCUT2D eigenvalue weighted by Crippen LogP contribution is 2.41. The highest BCUT2D eigenvalue weighted by Gasteiger charge is 2.30. The van der Waals surface area contributed by atoms with E-state index in [9.17, 15) is 14.3 Å². The smallest absolute Gasteiger partial charge is 0.263 e. The van der Waals surface area contributed by atoms with E-state index in [0.717, 1.165) is 18.5 Å². The van der Waals surface area contributed by atoms with Crippen molar-refractivity contribution < 1.29 is 14.3 Å². The molecule has 1 aromatic heterocycles. The maximum absolute atomic E-state index is 12.8. The summed E-state index contributed by atoms with van der Waals surface area (Å²) in [6.45, 7) is 0.0898. The third-order valence-electron chi connectivity index (χ3n) is 3.48. The molecule has 0 bridgehead atoms. The van der Waals surface area contributed by atoms with Crippen molar-refractivity contribution in [2.24, 2.45) is 0 Å². The number of benzene rings is 1. The zero-order valence-corrected chi connectivity index (χ0v) is 12.1. The zero-order chi connectivity index (χ0) is 14.8. The number of amides is 1. The standard InChI is InChI=1S/C15H15FN2O2S/c16-11-5-3-9(4-6-11)12(19)7-17-15(20)14-13(10-1-2-10)18-8-21-14/h3-6,8,10,12,19H,1-2,7H2,(H,17,20). The van der Waals surface area contributed by atoms with E-state index in [4.69, 9.17) is 0 Å². The summed E-state index contributed by atoms with van der Waals surface area (Å²) in [4.78, 5) is 17.0. The number of hydrogen-bond donors (Lipinski definition) is 2. The second-order valence-electron chi connectivity index (χ2n) is 5.12. The third-order valence-corrected chi connectivity index (χ3v) is 4.32. The molecule has 4 nitrogen and oxygen atoms in total. The SMILES string of the molecule is O=C(NCC(O)c1ccc(F)cc1)c1scnc1C1CC1. The van der Waals surface area contributed by atoms with Crippen molar-refractivity contribution >= 4 is 17.2 Å². The Morgan fingerprint density at radius 2 is 2.14 bits per heavy atom. The fourth-order valence-electron chi connectivity index (χ4n) is 2.14. The molecule has 2 N–H and O–H groups in total. The number of thiazole rings is 1. The van der Waals surface area contributed by atoms with Crippen LogP contribution >= 0.6 is 11.3 Å². The van der Waals surface area contributed by atoms with Gasteiger partial charge in [0.2, 0.25) is 0 Å². The molecule has 3 rings (SSSR count). The van der Waals surface area contributed by atoms with Crippen LogP contribution in [0.1, 0.15) is 45.8 Å². The van der Waals surface area contributed by atoms with Crippen LogP contribution in [-0.2, 0) is 0 Å². The quantitative estimate of drug-likeness (QED) is 0.892. The minimum absolute atomic E-state index is 0.0898. The summed E-state index contributed by atoms with van der Waals surface area (Å²) < 4.78 is 12.8. The van der Waals surface area contributed by atoms with Gasteiger partial charge in [0.25, 0.3) is 5.91 Å². The molecule has 1 saturated carbocycles. The minimum atomic E-state index is -0.855. The molecule has 1 fully saturated rings. The topological polar surface area (TPSA) is 62.2 Å². The first-order chi connectivity index (χ1) is 10.1. The highest BCUT2D eigenvalue weighted by molar-refractivity contribution is 7.11. The molecule has 1 unspecified atom stereocenters. The van der Waals surface area contributed by atoms with E-state index >= 15 is 0 Å². The Bertz CT molecular complexity index is 637. The van der Waals surface area contributed by atoms with Crippen LogP contribution in [-0.4, -0.2) is 22.5 Å². The summed E-state index contributed by atoms with van der Waals surface area (Å²) in [5, 5.41) is 12.7. The van der Waals surface area contributed by atoms with Gasteiger partial charge in [0.1, 0.15) is 10.7 Å². The number of aliphatic hydroxyl groups excluding tert-OH is 1. The van der Waals surface area contributed by atoms with Crippen molar-refractivity contribution in [2.75, 3.05) is 6.54 Å². The van der Waals surface area contributed by atoms with Gasteiger partial charge in [-0.25, -0.2) is 9.37 Å². The van der Waals surface area contributed by atoms with Crippen molar-refractivity contribution in [3.63, 3.8) is 0 Å². The molecule has 2 aromatic rings. The molecule has 0 radical (unpaired) electrons. The van der Waals surface area contributed by atoms with Gasteiger partial charge in [-0.2, -0.15) is 0 Å². The van der Waals surface area contributed by atoms with Crippen molar-refractivity contribution in [1.82, 2.24) is 10.3 Å². The normalized spacial score (nSPS) is 15.7. The molecule has 1 heterocycles. The molecule has 1 amide bonds. The predicted octanol–water partition coefficient (Wildman–Crippen LogP) is 2.62. The fourth-order valence-corrected chi connectivity index (χ4v) is 2.94. The van der Waals surface area contributed by atoms with Gasteiger partial charge in [0.15, 0.2) is 0 Å². The van der Waals surface area contributed by atoms with Crippen molar-refractivity contribution in [3.05, 3.63) is 51.7 Å². The van der Waals surface area contributed by atoms with Crippen LogP contribution in [0.15, 0.2) is 29.8 Å². The maximum Gasteiger partial charge on any atom is 0.263 e. The average molecular weight is 306 g/mol. The molecule has 21 heavy (non-hydrogen) atoms. The first kappa shape index (κ1) is 14.2. The Kier molecular flexibility index (Phi) is 3.98. The van der Waals surface area contributed by atoms with Crippen LogP contribution in [0.2, 0.25) is 0 Å². The van der Waals surface area contributed by atoms with Crippen molar-refractivity contribution in [3.8, 4) is 0 Å². The number of carbonyl (C=O) groups excluding carboxylic acids is 1. The minimum Gasteiger partial charge on any atom is -0.387 e. The van der Waals surface area contributed by atoms with E-state index in [1.165, 1.54) is 35.6 Å². The van der Waals surface area contributed by atoms with Crippen LogP contribution in [0.25, 0.3) is 0 Å². The van der Waals surface area contributed by atoms with Crippen LogP contribution in [0.5, 0.6) is 0 Å². The lowest BCUT2D eigenvalue weighted by atomic mass is 10.1. The number of nitrogens with one attached hydrogen (secondary N) is 1. The van der Waals surface area contributed by atoms with E-state index in [1.807, 2.05) is 0 Å². The molecule has 0 spiro atoms. The Morgan fingerprint density at radius 3 is 2.81 bits per heavy atom. The summed E-state index contributed by atoms with van der Waals surface area (Å²) in [5.74, 6) is -0.145. The molecule has 1 aliphatic rings. The second-order valence-corrected chi connectivity index (χ2v) is 5.97. The van der Waals surface area contributed by atoms with Crippen LogP contribution in [0, 0.1) is 5.82 Å². The van der Waals surface area contributed by atoms with Gasteiger partial charge in [-0.1, -0.05) is 12.1 Å². The lowest BCUT2D eigenvalue weighted by Gasteiger charge is -2.12. The predicted molar refractivity (Wildman–Crippen MR) is 77.8 cm³/mol. The lowest BCUT2D eigenvalue weighted by Crippen LogP contribution is -2.28. The van der Waals surface area contributed by atoms with E-state index in [1.54, 1.807) is 5.51 Å². The summed E-state index contributed by atoms with van der Waals surface area (Å²) in [6, 6.07) is 5.59. The van der Waals surface area contributed by atoms with Crippen molar-refractivity contribution in [1.29, 1.82) is 0 Å². The number of aliphatic hydroxyl groups is 1. The molecular formula is C15H15FN2O2S. The van der Waals surface area contributed by atoms with Gasteiger partial charge in [0, 0.05) is 12.5 Å². The number of aromatic nitrogens is 1. The van der Waals surface area contributed by atoms with Gasteiger partial charge in [-0.15, -0.1) is 11.3 Å². The molecule has 1 aromatic carbocycles. The Balaban J connectivity index is 1.60. The molecule has 1 aliphatic carbocycles. The van der Waals surface area contributed by atoms with Gasteiger partial charge >= 0.3 is 0 Å². The van der Waals surface area contributed by atoms with Crippen LogP contribution in [0.4, 0.5) is 4.39 Å². The monoisotopic (exact) mass is 306 g/mol. The highest BCUT2D eigenvalue weighted by atomic mass is 32.1. The van der Waals surface area contributed by atoms with E-state index in [-0.39, 0.29) is 18.3 Å². The Labute approximate surface area is 125 Å². The van der Waals surface area contributed by atoms with Gasteiger partial charge in [0.05, 0.1) is 17.3 Å². The van der Waals surface area contributed by atoms with Gasteiger partial charge < -0.3 is 10.4 Å². The summed E-state index contributed by atoms with van der Waals surface area (Å²) in [7, 11) is 0. The second kappa shape index (κ2) is 5.91. The first-order valence-electron chi connectivity index (χ1n) is 6.80. The Morgan fingerprint density at radius 1 is 1.43 bits per heavy atom.